The molecule has 0 saturated heterocycles. The van der Waals surface area contributed by atoms with Crippen LogP contribution in [0.15, 0.2) is 108 Å². The molecule has 1 amide bonds. The zero-order chi connectivity index (χ0) is 27.9. The highest BCUT2D eigenvalue weighted by atomic mass is 16.5. The third-order valence-electron chi connectivity index (χ3n) is 6.71. The molecular formula is C33H31N3O4. The van der Waals surface area contributed by atoms with Crippen LogP contribution in [0, 0.1) is 6.92 Å². The molecule has 0 saturated carbocycles. The molecule has 5 rings (SSSR count). The summed E-state index contributed by atoms with van der Waals surface area (Å²) in [5.74, 6) is 1.64. The molecule has 0 aliphatic rings. The Kier molecular flexibility index (Phi) is 8.21. The van der Waals surface area contributed by atoms with Crippen LogP contribution >= 0.6 is 0 Å². The molecule has 0 radical (unpaired) electrons. The fraction of sp³-hybridized carbons (Fsp3) is 0.182. The Bertz CT molecular complexity index is 1660. The summed E-state index contributed by atoms with van der Waals surface area (Å²) >= 11 is 0. The maximum Gasteiger partial charge on any atom is 0.264 e. The van der Waals surface area contributed by atoms with E-state index in [2.05, 4.69) is 0 Å². The zero-order valence-electron chi connectivity index (χ0n) is 22.6. The van der Waals surface area contributed by atoms with Crippen molar-refractivity contribution < 1.29 is 14.3 Å². The summed E-state index contributed by atoms with van der Waals surface area (Å²) in [6, 6.07) is 32.1. The van der Waals surface area contributed by atoms with Gasteiger partial charge < -0.3 is 14.4 Å². The first kappa shape index (κ1) is 26.7. The number of rotatable bonds is 10. The first-order valence-electron chi connectivity index (χ1n) is 13.2. The molecule has 4 aromatic carbocycles. The highest BCUT2D eigenvalue weighted by Gasteiger charge is 2.18. The molecule has 0 N–H and O–H groups in total. The fourth-order valence-electron chi connectivity index (χ4n) is 4.61. The van der Waals surface area contributed by atoms with Crippen molar-refractivity contribution in [2.24, 2.45) is 0 Å². The van der Waals surface area contributed by atoms with Gasteiger partial charge in [-0.1, -0.05) is 66.2 Å². The molecule has 0 atom stereocenters. The highest BCUT2D eigenvalue weighted by Crippen LogP contribution is 2.22. The number of anilines is 1. The smallest absolute Gasteiger partial charge is 0.264 e. The van der Waals surface area contributed by atoms with E-state index in [1.807, 2.05) is 91.9 Å². The normalized spacial score (nSPS) is 10.8. The number of benzene rings is 4. The van der Waals surface area contributed by atoms with E-state index < -0.39 is 0 Å². The number of aryl methyl sites for hydroxylation is 1. The van der Waals surface area contributed by atoms with Gasteiger partial charge in [-0.15, -0.1) is 0 Å². The fourth-order valence-corrected chi connectivity index (χ4v) is 4.61. The molecule has 1 heterocycles. The molecule has 7 heteroatoms. The average Bonchev–Trinajstić information content (AvgIpc) is 3.00. The number of hydrogen-bond acceptors (Lipinski definition) is 5. The van der Waals surface area contributed by atoms with Gasteiger partial charge in [-0.3, -0.25) is 14.2 Å². The Balaban J connectivity index is 1.39. The van der Waals surface area contributed by atoms with E-state index in [1.165, 1.54) is 0 Å². The van der Waals surface area contributed by atoms with Crippen molar-refractivity contribution in [3.8, 4) is 22.9 Å². The van der Waals surface area contributed by atoms with Gasteiger partial charge in [0, 0.05) is 30.4 Å². The van der Waals surface area contributed by atoms with Gasteiger partial charge in [-0.25, -0.2) is 4.98 Å². The second kappa shape index (κ2) is 12.3. The average molecular weight is 534 g/mol. The molecule has 0 spiro atoms. The first-order chi connectivity index (χ1) is 19.5. The summed E-state index contributed by atoms with van der Waals surface area (Å²) in [7, 11) is 1.59. The van der Waals surface area contributed by atoms with Gasteiger partial charge >= 0.3 is 0 Å². The van der Waals surface area contributed by atoms with Crippen molar-refractivity contribution in [3.63, 3.8) is 0 Å². The van der Waals surface area contributed by atoms with Crippen molar-refractivity contribution >= 4 is 22.5 Å². The maximum absolute atomic E-state index is 13.6. The van der Waals surface area contributed by atoms with Crippen LogP contribution in [0.1, 0.15) is 12.0 Å². The predicted octanol–water partition coefficient (Wildman–Crippen LogP) is 5.88. The number of hydrogen-bond donors (Lipinski definition) is 0. The number of nitrogens with zero attached hydrogens (tertiary/aromatic N) is 3. The van der Waals surface area contributed by atoms with Crippen LogP contribution < -0.4 is 19.9 Å². The van der Waals surface area contributed by atoms with Crippen LogP contribution in [0.25, 0.3) is 22.3 Å². The van der Waals surface area contributed by atoms with Gasteiger partial charge in [0.15, 0.2) is 6.61 Å². The first-order valence-corrected chi connectivity index (χ1v) is 13.2. The lowest BCUT2D eigenvalue weighted by molar-refractivity contribution is -0.120. The lowest BCUT2D eigenvalue weighted by atomic mass is 10.1. The third kappa shape index (κ3) is 6.04. The minimum atomic E-state index is -0.182. The molecule has 40 heavy (non-hydrogen) atoms. The summed E-state index contributed by atoms with van der Waals surface area (Å²) < 4.78 is 12.8. The Morgan fingerprint density at radius 3 is 2.38 bits per heavy atom. The minimum absolute atomic E-state index is 0.0981. The topological polar surface area (TPSA) is 73.7 Å². The van der Waals surface area contributed by atoms with E-state index in [0.29, 0.717) is 47.7 Å². The summed E-state index contributed by atoms with van der Waals surface area (Å²) in [6.07, 6.45) is 0.540. The number of fused-ring (bicyclic) bond motifs is 1. The Morgan fingerprint density at radius 2 is 1.60 bits per heavy atom. The SMILES string of the molecule is COc1cccc(OCC(=O)N(CCCn2c(-c3ccccc3)nc3ccccc3c2=O)c2ccc(C)cc2)c1. The zero-order valence-corrected chi connectivity index (χ0v) is 22.6. The second-order valence-corrected chi connectivity index (χ2v) is 9.48. The lowest BCUT2D eigenvalue weighted by Gasteiger charge is -2.24. The largest absolute Gasteiger partial charge is 0.497 e. The van der Waals surface area contributed by atoms with Gasteiger partial charge in [0.05, 0.1) is 18.0 Å². The van der Waals surface area contributed by atoms with Gasteiger partial charge in [-0.2, -0.15) is 0 Å². The summed E-state index contributed by atoms with van der Waals surface area (Å²) in [6.45, 7) is 2.67. The Labute approximate surface area is 233 Å². The highest BCUT2D eigenvalue weighted by molar-refractivity contribution is 5.94. The molecule has 0 unspecified atom stereocenters. The van der Waals surface area contributed by atoms with Crippen LogP contribution in [0.5, 0.6) is 11.5 Å². The van der Waals surface area contributed by atoms with Gasteiger partial charge in [0.25, 0.3) is 11.5 Å². The van der Waals surface area contributed by atoms with Crippen molar-refractivity contribution in [1.82, 2.24) is 9.55 Å². The van der Waals surface area contributed by atoms with Crippen molar-refractivity contribution in [2.45, 2.75) is 19.9 Å². The number of ether oxygens (including phenoxy) is 2. The van der Waals surface area contributed by atoms with Gasteiger partial charge in [0.1, 0.15) is 17.3 Å². The van der Waals surface area contributed by atoms with Gasteiger partial charge in [0.2, 0.25) is 0 Å². The predicted molar refractivity (Wildman–Crippen MR) is 158 cm³/mol. The maximum atomic E-state index is 13.6. The number of aromatic nitrogens is 2. The number of methoxy groups -OCH3 is 1. The molecule has 0 aliphatic carbocycles. The molecular weight excluding hydrogens is 502 g/mol. The van der Waals surface area contributed by atoms with E-state index >= 15 is 0 Å². The van der Waals surface area contributed by atoms with E-state index in [4.69, 9.17) is 14.5 Å². The Morgan fingerprint density at radius 1 is 0.875 bits per heavy atom. The van der Waals surface area contributed by atoms with Crippen LogP contribution in [-0.2, 0) is 11.3 Å². The Hall–Kier alpha value is -4.91. The minimum Gasteiger partial charge on any atom is -0.497 e. The van der Waals surface area contributed by atoms with Crippen LogP contribution in [0.3, 0.4) is 0 Å². The summed E-state index contributed by atoms with van der Waals surface area (Å²) in [5.41, 5.74) is 3.30. The van der Waals surface area contributed by atoms with Crippen molar-refractivity contribution in [3.05, 3.63) is 119 Å². The van der Waals surface area contributed by atoms with E-state index in [-0.39, 0.29) is 18.1 Å². The lowest BCUT2D eigenvalue weighted by Crippen LogP contribution is -2.36. The molecule has 0 bridgehead atoms. The van der Waals surface area contributed by atoms with E-state index in [0.717, 1.165) is 16.8 Å². The van der Waals surface area contributed by atoms with Crippen LogP contribution in [-0.4, -0.2) is 35.7 Å². The molecule has 0 fully saturated rings. The number of carbonyl (C=O) groups excluding carboxylic acids is 1. The van der Waals surface area contributed by atoms with Gasteiger partial charge in [-0.05, 0) is 49.7 Å². The van der Waals surface area contributed by atoms with Crippen molar-refractivity contribution in [1.29, 1.82) is 0 Å². The standard InChI is InChI=1S/C33H31N3O4/c1-24-16-18-26(19-17-24)35(31(37)23-40-28-13-8-12-27(22-28)39-2)20-9-21-36-32(25-10-4-3-5-11-25)34-30-15-7-6-14-29(30)33(36)38/h3-8,10-19,22H,9,20-21,23H2,1-2H3. The number of amides is 1. The molecule has 202 valence electrons. The number of para-hydroxylation sites is 1. The molecule has 5 aromatic rings. The second-order valence-electron chi connectivity index (χ2n) is 9.48. The monoisotopic (exact) mass is 533 g/mol. The molecule has 1 aromatic heterocycles. The van der Waals surface area contributed by atoms with E-state index in [9.17, 15) is 9.59 Å². The van der Waals surface area contributed by atoms with Crippen molar-refractivity contribution in [2.75, 3.05) is 25.2 Å². The van der Waals surface area contributed by atoms with E-state index in [1.54, 1.807) is 34.8 Å². The van der Waals surface area contributed by atoms with Crippen LogP contribution in [0.4, 0.5) is 5.69 Å². The summed E-state index contributed by atoms with van der Waals surface area (Å²) in [4.78, 5) is 33.5. The number of carbonyl (C=O) groups is 1. The third-order valence-corrected chi connectivity index (χ3v) is 6.71. The molecule has 0 aliphatic heterocycles. The summed E-state index contributed by atoms with van der Waals surface area (Å²) in [5, 5.41) is 0.570. The quantitative estimate of drug-likeness (QED) is 0.224. The van der Waals surface area contributed by atoms with Crippen LogP contribution in [0.2, 0.25) is 0 Å². The molecule has 7 nitrogen and oxygen atoms in total.